The Morgan fingerprint density at radius 2 is 1.83 bits per heavy atom. The predicted molar refractivity (Wildman–Crippen MR) is 145 cm³/mol. The zero-order valence-corrected chi connectivity index (χ0v) is 22.4. The molecule has 0 fully saturated rings. The van der Waals surface area contributed by atoms with Crippen LogP contribution in [0.1, 0.15) is 18.1 Å². The van der Waals surface area contributed by atoms with Crippen molar-refractivity contribution in [2.75, 3.05) is 12.0 Å². The van der Waals surface area contributed by atoms with Gasteiger partial charge in [0.2, 0.25) is 5.13 Å². The second-order valence-corrected chi connectivity index (χ2v) is 10.8. The molecule has 0 spiro atoms. The summed E-state index contributed by atoms with van der Waals surface area (Å²) in [6, 6.07) is 16.5. The van der Waals surface area contributed by atoms with Gasteiger partial charge < -0.3 is 8.92 Å². The van der Waals surface area contributed by atoms with Gasteiger partial charge >= 0.3 is 10.1 Å². The summed E-state index contributed by atoms with van der Waals surface area (Å²) >= 11 is 13.6. The van der Waals surface area contributed by atoms with Crippen molar-refractivity contribution in [3.63, 3.8) is 0 Å². The van der Waals surface area contributed by atoms with E-state index < -0.39 is 10.1 Å². The molecule has 7 nitrogen and oxygen atoms in total. The van der Waals surface area contributed by atoms with Crippen LogP contribution in [0.5, 0.6) is 11.5 Å². The van der Waals surface area contributed by atoms with Crippen LogP contribution in [0, 0.1) is 6.92 Å². The van der Waals surface area contributed by atoms with E-state index in [1.165, 1.54) is 29.5 Å². The van der Waals surface area contributed by atoms with Crippen LogP contribution in [0.15, 0.2) is 76.0 Å². The fraction of sp³-hybridized carbons (Fsp3) is 0.120. The second-order valence-electron chi connectivity index (χ2n) is 7.52. The summed E-state index contributed by atoms with van der Waals surface area (Å²) in [7, 11) is -4.01. The Kier molecular flexibility index (Phi) is 8.15. The predicted octanol–water partition coefficient (Wildman–Crippen LogP) is 7.04. The Hall–Kier alpha value is -3.11. The van der Waals surface area contributed by atoms with Crippen molar-refractivity contribution in [3.8, 4) is 22.8 Å². The average molecular weight is 563 g/mol. The van der Waals surface area contributed by atoms with Gasteiger partial charge in [0.15, 0.2) is 11.5 Å². The number of hydrogen-bond acceptors (Lipinski definition) is 8. The fourth-order valence-electron chi connectivity index (χ4n) is 3.12. The lowest BCUT2D eigenvalue weighted by molar-refractivity contribution is 0.327. The van der Waals surface area contributed by atoms with Gasteiger partial charge in [0.05, 0.1) is 23.5 Å². The van der Waals surface area contributed by atoms with Crippen LogP contribution >= 0.6 is 34.5 Å². The number of benzene rings is 3. The number of ether oxygens (including phenoxy) is 1. The molecule has 0 aliphatic rings. The van der Waals surface area contributed by atoms with Crippen LogP contribution in [0.25, 0.3) is 11.3 Å². The van der Waals surface area contributed by atoms with E-state index in [1.807, 2.05) is 18.4 Å². The smallest absolute Gasteiger partial charge is 0.339 e. The fourth-order valence-corrected chi connectivity index (χ4v) is 5.23. The summed E-state index contributed by atoms with van der Waals surface area (Å²) in [5, 5.41) is 7.72. The Morgan fingerprint density at radius 3 is 2.56 bits per heavy atom. The number of thiazole rings is 1. The van der Waals surface area contributed by atoms with Crippen LogP contribution in [-0.2, 0) is 10.1 Å². The topological polar surface area (TPSA) is 89.9 Å². The summed E-state index contributed by atoms with van der Waals surface area (Å²) in [4.78, 5) is 4.56. The normalized spacial score (nSPS) is 11.6. The lowest BCUT2D eigenvalue weighted by Gasteiger charge is -2.12. The number of halogens is 2. The van der Waals surface area contributed by atoms with Crippen LogP contribution < -0.4 is 14.3 Å². The van der Waals surface area contributed by atoms with E-state index in [1.54, 1.807) is 49.5 Å². The molecule has 3 aromatic carbocycles. The van der Waals surface area contributed by atoms with Crippen molar-refractivity contribution in [1.82, 2.24) is 4.98 Å². The highest BCUT2D eigenvalue weighted by Crippen LogP contribution is 2.33. The second kappa shape index (κ2) is 11.3. The Labute approximate surface area is 223 Å². The Balaban J connectivity index is 1.47. The summed E-state index contributed by atoms with van der Waals surface area (Å²) < 4.78 is 36.4. The summed E-state index contributed by atoms with van der Waals surface area (Å²) in [6.45, 7) is 4.00. The van der Waals surface area contributed by atoms with E-state index in [-0.39, 0.29) is 16.4 Å². The first-order valence-electron chi connectivity index (χ1n) is 10.7. The van der Waals surface area contributed by atoms with E-state index >= 15 is 0 Å². The van der Waals surface area contributed by atoms with E-state index in [9.17, 15) is 8.42 Å². The quantitative estimate of drug-likeness (QED) is 0.134. The number of aromatic nitrogens is 1. The monoisotopic (exact) mass is 561 g/mol. The number of nitrogens with zero attached hydrogens (tertiary/aromatic N) is 2. The molecular weight excluding hydrogens is 541 g/mol. The minimum Gasteiger partial charge on any atom is -0.490 e. The number of aryl methyl sites for hydroxylation is 1. The molecule has 0 amide bonds. The largest absolute Gasteiger partial charge is 0.490 e. The van der Waals surface area contributed by atoms with Gasteiger partial charge in [0.1, 0.15) is 4.90 Å². The SMILES string of the molecule is CCOc1cc(/C=N\Nc2nc(-c3ccc(Cl)cc3Cl)cs2)ccc1OS(=O)(=O)c1ccc(C)cc1. The summed E-state index contributed by atoms with van der Waals surface area (Å²) in [5.74, 6) is 0.373. The zero-order valence-electron chi connectivity index (χ0n) is 19.2. The molecule has 1 heterocycles. The number of rotatable bonds is 9. The van der Waals surface area contributed by atoms with Crippen molar-refractivity contribution < 1.29 is 17.3 Å². The van der Waals surface area contributed by atoms with Crippen molar-refractivity contribution in [2.24, 2.45) is 5.10 Å². The third-order valence-electron chi connectivity index (χ3n) is 4.86. The number of hydrazone groups is 1. The van der Waals surface area contributed by atoms with Gasteiger partial charge in [-0.2, -0.15) is 13.5 Å². The molecule has 186 valence electrons. The molecule has 36 heavy (non-hydrogen) atoms. The molecule has 4 aromatic rings. The maximum absolute atomic E-state index is 12.7. The van der Waals surface area contributed by atoms with E-state index in [0.29, 0.717) is 33.0 Å². The maximum atomic E-state index is 12.7. The van der Waals surface area contributed by atoms with Crippen molar-refractivity contribution in [3.05, 3.63) is 87.2 Å². The van der Waals surface area contributed by atoms with Crippen molar-refractivity contribution in [2.45, 2.75) is 18.7 Å². The first kappa shape index (κ1) is 26.0. The van der Waals surface area contributed by atoms with E-state index in [4.69, 9.17) is 32.1 Å². The van der Waals surface area contributed by atoms with Crippen LogP contribution in [0.3, 0.4) is 0 Å². The van der Waals surface area contributed by atoms with Gasteiger partial charge in [-0.05, 0) is 67.9 Å². The lowest BCUT2D eigenvalue weighted by atomic mass is 10.2. The third kappa shape index (κ3) is 6.36. The molecule has 1 N–H and O–H groups in total. The number of nitrogens with one attached hydrogen (secondary N) is 1. The summed E-state index contributed by atoms with van der Waals surface area (Å²) in [5.41, 5.74) is 5.98. The highest BCUT2D eigenvalue weighted by Gasteiger charge is 2.19. The molecule has 4 rings (SSSR count). The zero-order chi connectivity index (χ0) is 25.7. The van der Waals surface area contributed by atoms with Gasteiger partial charge in [0.25, 0.3) is 0 Å². The molecule has 0 aliphatic carbocycles. The molecule has 0 saturated carbocycles. The maximum Gasteiger partial charge on any atom is 0.339 e. The molecule has 0 atom stereocenters. The molecule has 11 heteroatoms. The van der Waals surface area contributed by atoms with Gasteiger partial charge in [-0.25, -0.2) is 4.98 Å². The first-order valence-corrected chi connectivity index (χ1v) is 13.8. The molecule has 0 unspecified atom stereocenters. The number of anilines is 1. The molecular formula is C25H21Cl2N3O4S2. The van der Waals surface area contributed by atoms with Gasteiger partial charge in [0, 0.05) is 16.0 Å². The molecule has 1 aromatic heterocycles. The highest BCUT2D eigenvalue weighted by molar-refractivity contribution is 7.87. The molecule has 0 radical (unpaired) electrons. The van der Waals surface area contributed by atoms with Crippen molar-refractivity contribution in [1.29, 1.82) is 0 Å². The summed E-state index contributed by atoms with van der Waals surface area (Å²) in [6.07, 6.45) is 1.57. The Bertz CT molecular complexity index is 1500. The van der Waals surface area contributed by atoms with Crippen LogP contribution in [-0.4, -0.2) is 26.2 Å². The van der Waals surface area contributed by atoms with Crippen molar-refractivity contribution >= 4 is 56.0 Å². The minimum absolute atomic E-state index is 0.0630. The van der Waals surface area contributed by atoms with Gasteiger partial charge in [-0.3, -0.25) is 5.43 Å². The minimum atomic E-state index is -4.01. The standard InChI is InChI=1S/C25H21Cl2N3O4S2/c1-3-33-24-12-17(6-11-23(24)34-36(31,32)19-8-4-16(2)5-9-19)14-28-30-25-29-22(15-35-25)20-10-7-18(26)13-21(20)27/h4-15H,3H2,1-2H3,(H,29,30)/b28-14-. The molecule has 0 saturated heterocycles. The van der Waals surface area contributed by atoms with E-state index in [0.717, 1.165) is 11.1 Å². The lowest BCUT2D eigenvalue weighted by Crippen LogP contribution is -2.11. The van der Waals surface area contributed by atoms with Crippen LogP contribution in [0.4, 0.5) is 5.13 Å². The molecule has 0 bridgehead atoms. The van der Waals surface area contributed by atoms with Gasteiger partial charge in [-0.1, -0.05) is 40.9 Å². The number of hydrogen-bond donors (Lipinski definition) is 1. The third-order valence-corrected chi connectivity index (χ3v) is 7.41. The average Bonchev–Trinajstić information content (AvgIpc) is 3.29. The van der Waals surface area contributed by atoms with E-state index in [2.05, 4.69) is 15.5 Å². The molecule has 0 aliphatic heterocycles. The highest BCUT2D eigenvalue weighted by atomic mass is 35.5. The Morgan fingerprint density at radius 1 is 1.06 bits per heavy atom. The van der Waals surface area contributed by atoms with Gasteiger partial charge in [-0.15, -0.1) is 11.3 Å². The van der Waals surface area contributed by atoms with Crippen LogP contribution in [0.2, 0.25) is 10.0 Å². The first-order chi connectivity index (χ1) is 17.2.